The average molecular weight is 411 g/mol. The SMILES string of the molecule is O=C(Nc1ccc2nc([C@@H]3O[C@H](CO)[C@@H](O)[C@H]3O)[nH]c2c1)C1Cc2ccccc2O1. The van der Waals surface area contributed by atoms with Crippen molar-refractivity contribution in [2.24, 2.45) is 0 Å². The number of fused-ring (bicyclic) bond motifs is 2. The maximum atomic E-state index is 12.6. The molecule has 2 aliphatic rings. The molecule has 0 bridgehead atoms. The molecule has 1 aromatic heterocycles. The van der Waals surface area contributed by atoms with Crippen molar-refractivity contribution >= 4 is 22.6 Å². The molecule has 156 valence electrons. The van der Waals surface area contributed by atoms with Gasteiger partial charge in [-0.05, 0) is 29.8 Å². The van der Waals surface area contributed by atoms with E-state index in [1.54, 1.807) is 18.2 Å². The van der Waals surface area contributed by atoms with Gasteiger partial charge in [0.15, 0.2) is 6.10 Å². The maximum Gasteiger partial charge on any atom is 0.265 e. The van der Waals surface area contributed by atoms with Gasteiger partial charge in [0, 0.05) is 12.1 Å². The zero-order valence-corrected chi connectivity index (χ0v) is 15.9. The van der Waals surface area contributed by atoms with E-state index in [2.05, 4.69) is 15.3 Å². The van der Waals surface area contributed by atoms with Gasteiger partial charge in [-0.1, -0.05) is 18.2 Å². The van der Waals surface area contributed by atoms with E-state index in [-0.39, 0.29) is 5.91 Å². The molecule has 1 unspecified atom stereocenters. The summed E-state index contributed by atoms with van der Waals surface area (Å²) in [5.41, 5.74) is 2.83. The van der Waals surface area contributed by atoms with Gasteiger partial charge < -0.3 is 35.1 Å². The van der Waals surface area contributed by atoms with Crippen LogP contribution in [-0.2, 0) is 16.0 Å². The van der Waals surface area contributed by atoms with Crippen LogP contribution in [0.3, 0.4) is 0 Å². The molecule has 2 aliphatic heterocycles. The predicted octanol–water partition coefficient (Wildman–Crippen LogP) is 0.659. The quantitative estimate of drug-likeness (QED) is 0.425. The molecule has 5 rings (SSSR count). The zero-order valence-electron chi connectivity index (χ0n) is 15.9. The van der Waals surface area contributed by atoms with Crippen LogP contribution in [0, 0.1) is 0 Å². The topological polar surface area (TPSA) is 137 Å². The smallest absolute Gasteiger partial charge is 0.265 e. The molecule has 3 aromatic rings. The van der Waals surface area contributed by atoms with Gasteiger partial charge in [-0.25, -0.2) is 4.98 Å². The summed E-state index contributed by atoms with van der Waals surface area (Å²) in [7, 11) is 0. The van der Waals surface area contributed by atoms with Gasteiger partial charge >= 0.3 is 0 Å². The third-order valence-corrected chi connectivity index (χ3v) is 5.52. The van der Waals surface area contributed by atoms with Gasteiger partial charge in [-0.2, -0.15) is 0 Å². The number of imidazole rings is 1. The number of hydrogen-bond donors (Lipinski definition) is 5. The number of aromatic nitrogens is 2. The van der Waals surface area contributed by atoms with Crippen LogP contribution in [0.5, 0.6) is 5.75 Å². The monoisotopic (exact) mass is 411 g/mol. The van der Waals surface area contributed by atoms with Crippen LogP contribution >= 0.6 is 0 Å². The number of carbonyl (C=O) groups is 1. The number of rotatable bonds is 4. The Morgan fingerprint density at radius 1 is 1.20 bits per heavy atom. The number of nitrogens with zero attached hydrogens (tertiary/aromatic N) is 1. The van der Waals surface area contributed by atoms with Gasteiger partial charge in [-0.3, -0.25) is 4.79 Å². The minimum absolute atomic E-state index is 0.242. The molecule has 1 fully saturated rings. The fourth-order valence-corrected chi connectivity index (χ4v) is 3.92. The molecule has 0 saturated carbocycles. The highest BCUT2D eigenvalue weighted by atomic mass is 16.6. The van der Waals surface area contributed by atoms with Crippen LogP contribution < -0.4 is 10.1 Å². The largest absolute Gasteiger partial charge is 0.480 e. The summed E-state index contributed by atoms with van der Waals surface area (Å²) in [5, 5.41) is 32.2. The molecule has 5 N–H and O–H groups in total. The van der Waals surface area contributed by atoms with E-state index in [0.29, 0.717) is 29.0 Å². The predicted molar refractivity (Wildman–Crippen MR) is 106 cm³/mol. The van der Waals surface area contributed by atoms with Crippen LogP contribution in [0.25, 0.3) is 11.0 Å². The van der Waals surface area contributed by atoms with E-state index in [0.717, 1.165) is 11.3 Å². The van der Waals surface area contributed by atoms with Crippen LogP contribution in [0.15, 0.2) is 42.5 Å². The van der Waals surface area contributed by atoms with Crippen molar-refractivity contribution in [3.05, 3.63) is 53.9 Å². The minimum Gasteiger partial charge on any atom is -0.480 e. The van der Waals surface area contributed by atoms with Crippen molar-refractivity contribution in [3.63, 3.8) is 0 Å². The first-order valence-electron chi connectivity index (χ1n) is 9.71. The van der Waals surface area contributed by atoms with Gasteiger partial charge in [0.05, 0.1) is 17.6 Å². The molecule has 5 atom stereocenters. The number of aliphatic hydroxyl groups is 3. The lowest BCUT2D eigenvalue weighted by atomic mass is 10.1. The third-order valence-electron chi connectivity index (χ3n) is 5.52. The summed E-state index contributed by atoms with van der Waals surface area (Å²) in [4.78, 5) is 20.1. The summed E-state index contributed by atoms with van der Waals surface area (Å²) in [5.74, 6) is 0.823. The number of para-hydroxylation sites is 1. The Labute approximate surface area is 171 Å². The van der Waals surface area contributed by atoms with Crippen LogP contribution in [0.4, 0.5) is 5.69 Å². The molecule has 9 nitrogen and oxygen atoms in total. The minimum atomic E-state index is -1.21. The molecular weight excluding hydrogens is 390 g/mol. The van der Waals surface area contributed by atoms with Crippen LogP contribution in [-0.4, -0.2) is 62.2 Å². The Balaban J connectivity index is 1.32. The van der Waals surface area contributed by atoms with Crippen molar-refractivity contribution in [2.75, 3.05) is 11.9 Å². The number of anilines is 1. The Morgan fingerprint density at radius 2 is 2.03 bits per heavy atom. The molecular formula is C21H21N3O6. The Bertz CT molecular complexity index is 1070. The lowest BCUT2D eigenvalue weighted by Crippen LogP contribution is -2.32. The van der Waals surface area contributed by atoms with Gasteiger partial charge in [0.25, 0.3) is 5.91 Å². The normalized spacial score (nSPS) is 27.8. The Morgan fingerprint density at radius 3 is 2.80 bits per heavy atom. The second kappa shape index (κ2) is 7.37. The summed E-state index contributed by atoms with van der Waals surface area (Å²) in [6.45, 7) is -0.405. The number of hydrogen-bond acceptors (Lipinski definition) is 7. The van der Waals surface area contributed by atoms with Crippen molar-refractivity contribution in [2.45, 2.75) is 36.9 Å². The van der Waals surface area contributed by atoms with E-state index in [4.69, 9.17) is 9.47 Å². The van der Waals surface area contributed by atoms with Gasteiger partial charge in [0.2, 0.25) is 0 Å². The standard InChI is InChI=1S/C21H21N3O6/c25-9-16-17(26)18(27)19(30-16)20-23-12-6-5-11(8-13(12)24-20)22-21(28)15-7-10-3-1-2-4-14(10)29-15/h1-6,8,15-19,25-27H,7,9H2,(H,22,28)(H,23,24)/t15?,16-,17-,18-,19-/m1/s1. The van der Waals surface area contributed by atoms with Crippen molar-refractivity contribution < 1.29 is 29.6 Å². The fourth-order valence-electron chi connectivity index (χ4n) is 3.92. The molecule has 0 radical (unpaired) electrons. The van der Waals surface area contributed by atoms with Crippen LogP contribution in [0.1, 0.15) is 17.5 Å². The summed E-state index contributed by atoms with van der Waals surface area (Å²) in [6, 6.07) is 12.8. The number of benzene rings is 2. The third kappa shape index (κ3) is 3.21. The zero-order chi connectivity index (χ0) is 20.8. The highest BCUT2D eigenvalue weighted by molar-refractivity contribution is 5.96. The van der Waals surface area contributed by atoms with Crippen molar-refractivity contribution in [3.8, 4) is 5.75 Å². The number of carbonyl (C=O) groups excluding carboxylic acids is 1. The number of aliphatic hydroxyl groups excluding tert-OH is 3. The summed E-state index contributed by atoms with van der Waals surface area (Å²) in [6.07, 6.45) is -4.23. The van der Waals surface area contributed by atoms with E-state index in [1.165, 1.54) is 0 Å². The highest BCUT2D eigenvalue weighted by Gasteiger charge is 2.44. The molecule has 1 amide bonds. The molecule has 9 heteroatoms. The first kappa shape index (κ1) is 19.0. The van der Waals surface area contributed by atoms with Gasteiger partial charge in [0.1, 0.15) is 36.0 Å². The number of ether oxygens (including phenoxy) is 2. The molecule has 1 saturated heterocycles. The number of nitrogens with one attached hydrogen (secondary N) is 2. The first-order valence-corrected chi connectivity index (χ1v) is 9.71. The molecule has 3 heterocycles. The average Bonchev–Trinajstić information content (AvgIpc) is 3.43. The van der Waals surface area contributed by atoms with Crippen LogP contribution in [0.2, 0.25) is 0 Å². The number of amides is 1. The second-order valence-electron chi connectivity index (χ2n) is 7.52. The Kier molecular flexibility index (Phi) is 4.67. The summed E-state index contributed by atoms with van der Waals surface area (Å²) >= 11 is 0. The highest BCUT2D eigenvalue weighted by Crippen LogP contribution is 2.33. The summed E-state index contributed by atoms with van der Waals surface area (Å²) < 4.78 is 11.2. The van der Waals surface area contributed by atoms with E-state index in [1.807, 2.05) is 24.3 Å². The van der Waals surface area contributed by atoms with E-state index < -0.39 is 37.1 Å². The number of H-pyrrole nitrogens is 1. The molecule has 0 aliphatic carbocycles. The maximum absolute atomic E-state index is 12.6. The lowest BCUT2D eigenvalue weighted by Gasteiger charge is -2.11. The van der Waals surface area contributed by atoms with Crippen molar-refractivity contribution in [1.82, 2.24) is 9.97 Å². The molecule has 2 aromatic carbocycles. The van der Waals surface area contributed by atoms with Gasteiger partial charge in [-0.15, -0.1) is 0 Å². The van der Waals surface area contributed by atoms with E-state index >= 15 is 0 Å². The molecule has 0 spiro atoms. The second-order valence-corrected chi connectivity index (χ2v) is 7.52. The number of aromatic amines is 1. The first-order chi connectivity index (χ1) is 14.5. The lowest BCUT2D eigenvalue weighted by molar-refractivity contribution is -0.122. The molecule has 30 heavy (non-hydrogen) atoms. The fraction of sp³-hybridized carbons (Fsp3) is 0.333. The Hall–Kier alpha value is -2.98. The van der Waals surface area contributed by atoms with E-state index in [9.17, 15) is 20.1 Å². The van der Waals surface area contributed by atoms with Crippen molar-refractivity contribution in [1.29, 1.82) is 0 Å².